The molecule has 3 amide bonds. The maximum absolute atomic E-state index is 12.7. The lowest BCUT2D eigenvalue weighted by molar-refractivity contribution is -0.130. The summed E-state index contributed by atoms with van der Waals surface area (Å²) in [6, 6.07) is 16.2. The first-order chi connectivity index (χ1) is 13.4. The highest BCUT2D eigenvalue weighted by molar-refractivity contribution is 5.91. The molecule has 0 aliphatic heterocycles. The number of carbonyl (C=O) groups is 3. The van der Waals surface area contributed by atoms with Gasteiger partial charge in [-0.3, -0.25) is 14.4 Å². The smallest absolute Gasteiger partial charge is 0.243 e. The molecule has 144 valence electrons. The molecular formula is C21H22N4O3. The minimum Gasteiger partial charge on any atom is -0.368 e. The molecule has 0 radical (unpaired) electrons. The molecule has 2 atom stereocenters. The van der Waals surface area contributed by atoms with Crippen LogP contribution in [-0.2, 0) is 27.2 Å². The highest BCUT2D eigenvalue weighted by Gasteiger charge is 2.25. The standard InChI is InChI=1S/C21H22N4O3/c1-14(26)24-19(11-15-6-3-2-4-7-15)21(28)25-18(20(23)27)12-16-8-5-9-17(10-16)13-22/h2-10,18-19H,11-12H2,1H3,(H2,23,27)(H,24,26)(H,25,28)/t18-,19-/m0/s1. The van der Waals surface area contributed by atoms with Gasteiger partial charge < -0.3 is 16.4 Å². The maximum atomic E-state index is 12.7. The molecule has 0 aliphatic carbocycles. The van der Waals surface area contributed by atoms with Crippen LogP contribution in [0.5, 0.6) is 0 Å². The van der Waals surface area contributed by atoms with E-state index < -0.39 is 23.9 Å². The number of carbonyl (C=O) groups excluding carboxylic acids is 3. The second kappa shape index (κ2) is 9.88. The second-order valence-corrected chi connectivity index (χ2v) is 6.42. The molecule has 2 aromatic rings. The predicted molar refractivity (Wildman–Crippen MR) is 104 cm³/mol. The van der Waals surface area contributed by atoms with Gasteiger partial charge in [-0.2, -0.15) is 5.26 Å². The molecule has 0 bridgehead atoms. The van der Waals surface area contributed by atoms with E-state index in [9.17, 15) is 14.4 Å². The van der Waals surface area contributed by atoms with Crippen LogP contribution in [0, 0.1) is 11.3 Å². The van der Waals surface area contributed by atoms with Crippen molar-refractivity contribution in [2.45, 2.75) is 31.8 Å². The Balaban J connectivity index is 2.13. The van der Waals surface area contributed by atoms with Gasteiger partial charge in [0.15, 0.2) is 0 Å². The lowest BCUT2D eigenvalue weighted by atomic mass is 10.0. The summed E-state index contributed by atoms with van der Waals surface area (Å²) in [5.41, 5.74) is 7.47. The summed E-state index contributed by atoms with van der Waals surface area (Å²) in [4.78, 5) is 36.1. The third kappa shape index (κ3) is 6.25. The van der Waals surface area contributed by atoms with Crippen molar-refractivity contribution in [1.82, 2.24) is 10.6 Å². The van der Waals surface area contributed by atoms with Crippen LogP contribution < -0.4 is 16.4 Å². The average Bonchev–Trinajstić information content (AvgIpc) is 2.67. The van der Waals surface area contributed by atoms with E-state index in [-0.39, 0.29) is 18.7 Å². The van der Waals surface area contributed by atoms with E-state index in [1.165, 1.54) is 6.92 Å². The summed E-state index contributed by atoms with van der Waals surface area (Å²) in [6.45, 7) is 1.32. The first-order valence-electron chi connectivity index (χ1n) is 8.79. The highest BCUT2D eigenvalue weighted by Crippen LogP contribution is 2.09. The van der Waals surface area contributed by atoms with Gasteiger partial charge in [-0.1, -0.05) is 42.5 Å². The largest absolute Gasteiger partial charge is 0.368 e. The number of amides is 3. The summed E-state index contributed by atoms with van der Waals surface area (Å²) >= 11 is 0. The lowest BCUT2D eigenvalue weighted by Crippen LogP contribution is -2.54. The molecule has 2 rings (SSSR count). The van der Waals surface area contributed by atoms with Gasteiger partial charge >= 0.3 is 0 Å². The Morgan fingerprint density at radius 1 is 0.964 bits per heavy atom. The van der Waals surface area contributed by atoms with Crippen molar-refractivity contribution in [1.29, 1.82) is 5.26 Å². The minimum atomic E-state index is -0.964. The molecule has 0 saturated heterocycles. The van der Waals surface area contributed by atoms with Gasteiger partial charge in [0.05, 0.1) is 11.6 Å². The number of rotatable bonds is 8. The SMILES string of the molecule is CC(=O)N[C@@H](Cc1ccccc1)C(=O)N[C@@H](Cc1cccc(C#N)c1)C(N)=O. The number of primary amides is 1. The lowest BCUT2D eigenvalue weighted by Gasteiger charge is -2.22. The van der Waals surface area contributed by atoms with Gasteiger partial charge in [0, 0.05) is 19.8 Å². The van der Waals surface area contributed by atoms with E-state index >= 15 is 0 Å². The summed E-state index contributed by atoms with van der Waals surface area (Å²) in [6.07, 6.45) is 0.427. The van der Waals surface area contributed by atoms with Gasteiger partial charge in [-0.05, 0) is 23.3 Å². The Morgan fingerprint density at radius 2 is 1.61 bits per heavy atom. The Morgan fingerprint density at radius 3 is 2.21 bits per heavy atom. The molecule has 4 N–H and O–H groups in total. The fraction of sp³-hybridized carbons (Fsp3) is 0.238. The molecule has 2 aromatic carbocycles. The molecule has 0 aliphatic rings. The quantitative estimate of drug-likeness (QED) is 0.629. The number of nitrogens with one attached hydrogen (secondary N) is 2. The summed E-state index contributed by atoms with van der Waals surface area (Å²) in [7, 11) is 0. The predicted octanol–water partition coefficient (Wildman–Crippen LogP) is 0.818. The first-order valence-corrected chi connectivity index (χ1v) is 8.79. The third-order valence-corrected chi connectivity index (χ3v) is 4.13. The second-order valence-electron chi connectivity index (χ2n) is 6.42. The van der Waals surface area contributed by atoms with Crippen LogP contribution in [0.3, 0.4) is 0 Å². The van der Waals surface area contributed by atoms with Crippen molar-refractivity contribution in [3.63, 3.8) is 0 Å². The molecule has 0 aromatic heterocycles. The van der Waals surface area contributed by atoms with Gasteiger partial charge in [0.1, 0.15) is 12.1 Å². The molecule has 0 heterocycles. The molecule has 28 heavy (non-hydrogen) atoms. The van der Waals surface area contributed by atoms with Gasteiger partial charge in [0.25, 0.3) is 0 Å². The van der Waals surface area contributed by atoms with Crippen molar-refractivity contribution < 1.29 is 14.4 Å². The Labute approximate surface area is 163 Å². The van der Waals surface area contributed by atoms with Crippen molar-refractivity contribution in [3.05, 3.63) is 71.3 Å². The average molecular weight is 378 g/mol. The zero-order valence-electron chi connectivity index (χ0n) is 15.5. The van der Waals surface area contributed by atoms with E-state index in [1.807, 2.05) is 36.4 Å². The molecular weight excluding hydrogens is 356 g/mol. The van der Waals surface area contributed by atoms with E-state index in [1.54, 1.807) is 24.3 Å². The number of benzene rings is 2. The molecule has 0 saturated carbocycles. The first kappa shape index (κ1) is 20.6. The summed E-state index contributed by atoms with van der Waals surface area (Å²) in [5.74, 6) is -1.55. The number of nitriles is 1. The summed E-state index contributed by atoms with van der Waals surface area (Å²) < 4.78 is 0. The van der Waals surface area contributed by atoms with E-state index in [0.29, 0.717) is 11.1 Å². The topological polar surface area (TPSA) is 125 Å². The van der Waals surface area contributed by atoms with Gasteiger partial charge in [-0.25, -0.2) is 0 Å². The third-order valence-electron chi connectivity index (χ3n) is 4.13. The fourth-order valence-corrected chi connectivity index (χ4v) is 2.80. The van der Waals surface area contributed by atoms with Crippen molar-refractivity contribution in [3.8, 4) is 6.07 Å². The van der Waals surface area contributed by atoms with Gasteiger partial charge in [0.2, 0.25) is 17.7 Å². The van der Waals surface area contributed by atoms with Crippen LogP contribution in [0.1, 0.15) is 23.6 Å². The highest BCUT2D eigenvalue weighted by atomic mass is 16.2. The van der Waals surface area contributed by atoms with Crippen molar-refractivity contribution in [2.75, 3.05) is 0 Å². The molecule has 7 heteroatoms. The molecule has 0 unspecified atom stereocenters. The maximum Gasteiger partial charge on any atom is 0.243 e. The normalized spacial score (nSPS) is 12.3. The van der Waals surface area contributed by atoms with Crippen LogP contribution in [0.4, 0.5) is 0 Å². The monoisotopic (exact) mass is 378 g/mol. The van der Waals surface area contributed by atoms with Crippen LogP contribution in [0.2, 0.25) is 0 Å². The molecule has 0 fully saturated rings. The van der Waals surface area contributed by atoms with E-state index in [0.717, 1.165) is 5.56 Å². The molecule has 7 nitrogen and oxygen atoms in total. The summed E-state index contributed by atoms with van der Waals surface area (Å²) in [5, 5.41) is 14.2. The van der Waals surface area contributed by atoms with E-state index in [4.69, 9.17) is 11.0 Å². The van der Waals surface area contributed by atoms with E-state index in [2.05, 4.69) is 10.6 Å². The van der Waals surface area contributed by atoms with Crippen LogP contribution >= 0.6 is 0 Å². The van der Waals surface area contributed by atoms with Crippen LogP contribution in [-0.4, -0.2) is 29.8 Å². The van der Waals surface area contributed by atoms with Crippen LogP contribution in [0.15, 0.2) is 54.6 Å². The Hall–Kier alpha value is -3.66. The van der Waals surface area contributed by atoms with Crippen LogP contribution in [0.25, 0.3) is 0 Å². The van der Waals surface area contributed by atoms with Crippen molar-refractivity contribution in [2.24, 2.45) is 5.73 Å². The molecule has 0 spiro atoms. The number of nitrogens with zero attached hydrogens (tertiary/aromatic N) is 1. The van der Waals surface area contributed by atoms with Gasteiger partial charge in [-0.15, -0.1) is 0 Å². The number of nitrogens with two attached hydrogens (primary N) is 1. The Bertz CT molecular complexity index is 890. The number of hydrogen-bond donors (Lipinski definition) is 3. The minimum absolute atomic E-state index is 0.148. The Kier molecular flexibility index (Phi) is 7.28. The fourth-order valence-electron chi connectivity index (χ4n) is 2.80. The number of hydrogen-bond acceptors (Lipinski definition) is 4. The zero-order chi connectivity index (χ0) is 20.5. The zero-order valence-corrected chi connectivity index (χ0v) is 15.5. The van der Waals surface area contributed by atoms with Crippen molar-refractivity contribution >= 4 is 17.7 Å².